The Bertz CT molecular complexity index is 445. The molecule has 2 rings (SSSR count). The zero-order valence-corrected chi connectivity index (χ0v) is 14.4. The number of hydrogen-bond acceptors (Lipinski definition) is 5. The number of nitrogens with zero attached hydrogens (tertiary/aromatic N) is 5. The number of β-amino-alcohol motifs (C(OH)–C–C–N with tert-alkyl or cyclic N) is 1. The molecule has 1 aromatic heterocycles. The fourth-order valence-electron chi connectivity index (χ4n) is 2.96. The lowest BCUT2D eigenvalue weighted by Crippen LogP contribution is -2.37. The maximum Gasteiger partial charge on any atom is 0.0951 e. The van der Waals surface area contributed by atoms with Crippen molar-refractivity contribution in [2.75, 3.05) is 53.4 Å². The van der Waals surface area contributed by atoms with Crippen LogP contribution in [0.15, 0.2) is 12.5 Å². The second-order valence-electron chi connectivity index (χ2n) is 6.88. The molecule has 0 bridgehead atoms. The molecule has 1 atom stereocenters. The van der Waals surface area contributed by atoms with Crippen LogP contribution < -0.4 is 0 Å². The van der Waals surface area contributed by atoms with Gasteiger partial charge in [0.15, 0.2) is 0 Å². The van der Waals surface area contributed by atoms with Crippen molar-refractivity contribution in [3.63, 3.8) is 0 Å². The van der Waals surface area contributed by atoms with Crippen LogP contribution in [0.3, 0.4) is 0 Å². The molecule has 0 radical (unpaired) electrons. The van der Waals surface area contributed by atoms with Gasteiger partial charge < -0.3 is 14.6 Å². The average Bonchev–Trinajstić information content (AvgIpc) is 2.81. The fraction of sp³-hybridized carbons (Fsp3) is 0.812. The van der Waals surface area contributed by atoms with E-state index in [0.29, 0.717) is 6.04 Å². The van der Waals surface area contributed by atoms with Gasteiger partial charge in [-0.3, -0.25) is 9.80 Å². The van der Waals surface area contributed by atoms with Gasteiger partial charge in [0.25, 0.3) is 0 Å². The molecule has 6 heteroatoms. The molecule has 6 nitrogen and oxygen atoms in total. The van der Waals surface area contributed by atoms with E-state index >= 15 is 0 Å². The van der Waals surface area contributed by atoms with Crippen LogP contribution in [0, 0.1) is 0 Å². The molecular formula is C16H31N5O. The minimum Gasteiger partial charge on any atom is -0.390 e. The van der Waals surface area contributed by atoms with Gasteiger partial charge in [-0.2, -0.15) is 0 Å². The summed E-state index contributed by atoms with van der Waals surface area (Å²) >= 11 is 0. The van der Waals surface area contributed by atoms with Crippen molar-refractivity contribution in [1.29, 1.82) is 0 Å². The Labute approximate surface area is 134 Å². The Morgan fingerprint density at radius 1 is 1.27 bits per heavy atom. The van der Waals surface area contributed by atoms with Gasteiger partial charge in [0.1, 0.15) is 0 Å². The molecule has 2 heterocycles. The Morgan fingerprint density at radius 3 is 2.64 bits per heavy atom. The molecule has 126 valence electrons. The molecule has 1 unspecified atom stereocenters. The van der Waals surface area contributed by atoms with E-state index in [9.17, 15) is 5.11 Å². The number of aliphatic hydroxyl groups is 1. The van der Waals surface area contributed by atoms with Crippen molar-refractivity contribution < 1.29 is 5.11 Å². The normalized spacial score (nSPS) is 21.7. The van der Waals surface area contributed by atoms with Crippen molar-refractivity contribution in [3.8, 4) is 0 Å². The van der Waals surface area contributed by atoms with Gasteiger partial charge in [0.2, 0.25) is 0 Å². The van der Waals surface area contributed by atoms with Gasteiger partial charge in [0, 0.05) is 58.1 Å². The molecule has 22 heavy (non-hydrogen) atoms. The highest BCUT2D eigenvalue weighted by Gasteiger charge is 2.22. The molecule has 1 fully saturated rings. The molecule has 0 saturated carbocycles. The monoisotopic (exact) mass is 309 g/mol. The quantitative estimate of drug-likeness (QED) is 0.829. The van der Waals surface area contributed by atoms with E-state index in [-0.39, 0.29) is 6.10 Å². The van der Waals surface area contributed by atoms with Crippen LogP contribution in [-0.4, -0.2) is 88.8 Å². The van der Waals surface area contributed by atoms with Crippen LogP contribution in [0.4, 0.5) is 0 Å². The lowest BCUT2D eigenvalue weighted by atomic mass is 10.3. The molecule has 1 aliphatic heterocycles. The summed E-state index contributed by atoms with van der Waals surface area (Å²) in [6.45, 7) is 10.8. The molecule has 1 saturated heterocycles. The third-order valence-electron chi connectivity index (χ3n) is 4.22. The molecule has 0 spiro atoms. The fourth-order valence-corrected chi connectivity index (χ4v) is 2.96. The van der Waals surface area contributed by atoms with E-state index in [1.807, 2.05) is 12.5 Å². The molecule has 0 aliphatic carbocycles. The van der Waals surface area contributed by atoms with Crippen LogP contribution in [0.2, 0.25) is 0 Å². The summed E-state index contributed by atoms with van der Waals surface area (Å²) in [5.74, 6) is 0. The molecule has 0 aromatic carbocycles. The number of imidazole rings is 1. The third-order valence-corrected chi connectivity index (χ3v) is 4.22. The van der Waals surface area contributed by atoms with E-state index in [2.05, 4.69) is 52.2 Å². The first-order valence-electron chi connectivity index (χ1n) is 8.24. The SMILES string of the molecule is CC(C)n1cncc1CN1CCN(CCN(C)C)CC(O)C1. The van der Waals surface area contributed by atoms with Gasteiger partial charge in [-0.25, -0.2) is 4.98 Å². The van der Waals surface area contributed by atoms with Crippen molar-refractivity contribution >= 4 is 0 Å². The Balaban J connectivity index is 1.91. The minimum atomic E-state index is -0.278. The summed E-state index contributed by atoms with van der Waals surface area (Å²) in [5.41, 5.74) is 1.23. The summed E-state index contributed by atoms with van der Waals surface area (Å²) in [4.78, 5) is 11.2. The third kappa shape index (κ3) is 5.05. The Morgan fingerprint density at radius 2 is 1.95 bits per heavy atom. The molecule has 1 aromatic rings. The van der Waals surface area contributed by atoms with Crippen molar-refractivity contribution in [2.24, 2.45) is 0 Å². The molecule has 0 amide bonds. The van der Waals surface area contributed by atoms with E-state index in [1.165, 1.54) is 5.69 Å². The summed E-state index contributed by atoms with van der Waals surface area (Å²) < 4.78 is 2.21. The lowest BCUT2D eigenvalue weighted by Gasteiger charge is -2.23. The van der Waals surface area contributed by atoms with E-state index in [0.717, 1.165) is 45.8 Å². The van der Waals surface area contributed by atoms with Gasteiger partial charge in [-0.05, 0) is 27.9 Å². The number of rotatable bonds is 6. The first-order chi connectivity index (χ1) is 10.5. The topological polar surface area (TPSA) is 47.8 Å². The van der Waals surface area contributed by atoms with Gasteiger partial charge >= 0.3 is 0 Å². The average molecular weight is 309 g/mol. The highest BCUT2D eigenvalue weighted by Crippen LogP contribution is 2.13. The van der Waals surface area contributed by atoms with E-state index < -0.39 is 0 Å². The second kappa shape index (κ2) is 8.06. The van der Waals surface area contributed by atoms with Gasteiger partial charge in [0.05, 0.1) is 18.1 Å². The highest BCUT2D eigenvalue weighted by atomic mass is 16.3. The number of aliphatic hydroxyl groups excluding tert-OH is 1. The van der Waals surface area contributed by atoms with Crippen LogP contribution in [0.25, 0.3) is 0 Å². The zero-order valence-electron chi connectivity index (χ0n) is 14.4. The molecule has 1 N–H and O–H groups in total. The predicted octanol–water partition coefficient (Wildman–Crippen LogP) is 0.504. The van der Waals surface area contributed by atoms with Crippen molar-refractivity contribution in [3.05, 3.63) is 18.2 Å². The largest absolute Gasteiger partial charge is 0.390 e. The van der Waals surface area contributed by atoms with Gasteiger partial charge in [-0.15, -0.1) is 0 Å². The van der Waals surface area contributed by atoms with Crippen LogP contribution >= 0.6 is 0 Å². The first kappa shape index (κ1) is 17.4. The number of aromatic nitrogens is 2. The standard InChI is InChI=1S/C16H31N5O/c1-14(2)21-13-17-9-15(21)10-20-8-7-19(6-5-18(3)4)11-16(22)12-20/h9,13-14,16,22H,5-8,10-12H2,1-4H3. The summed E-state index contributed by atoms with van der Waals surface area (Å²) in [6, 6.07) is 0.422. The van der Waals surface area contributed by atoms with E-state index in [4.69, 9.17) is 0 Å². The maximum absolute atomic E-state index is 10.3. The Kier molecular flexibility index (Phi) is 6.37. The number of likely N-dealkylation sites (N-methyl/N-ethyl adjacent to an activating group) is 1. The summed E-state index contributed by atoms with van der Waals surface area (Å²) in [6.07, 6.45) is 3.57. The molecule has 1 aliphatic rings. The zero-order chi connectivity index (χ0) is 16.1. The van der Waals surface area contributed by atoms with Crippen LogP contribution in [-0.2, 0) is 6.54 Å². The van der Waals surface area contributed by atoms with E-state index in [1.54, 1.807) is 0 Å². The highest BCUT2D eigenvalue weighted by molar-refractivity contribution is 5.00. The predicted molar refractivity (Wildman–Crippen MR) is 88.9 cm³/mol. The Hall–Kier alpha value is -0.950. The molecular weight excluding hydrogens is 278 g/mol. The first-order valence-corrected chi connectivity index (χ1v) is 8.24. The van der Waals surface area contributed by atoms with Crippen LogP contribution in [0.1, 0.15) is 25.6 Å². The number of hydrogen-bond donors (Lipinski definition) is 1. The van der Waals surface area contributed by atoms with Crippen molar-refractivity contribution in [1.82, 2.24) is 24.3 Å². The summed E-state index contributed by atoms with van der Waals surface area (Å²) in [7, 11) is 4.18. The van der Waals surface area contributed by atoms with Crippen molar-refractivity contribution in [2.45, 2.75) is 32.5 Å². The van der Waals surface area contributed by atoms with Gasteiger partial charge in [-0.1, -0.05) is 0 Å². The smallest absolute Gasteiger partial charge is 0.0951 e. The minimum absolute atomic E-state index is 0.278. The second-order valence-corrected chi connectivity index (χ2v) is 6.88. The maximum atomic E-state index is 10.3. The van der Waals surface area contributed by atoms with Crippen LogP contribution in [0.5, 0.6) is 0 Å². The lowest BCUT2D eigenvalue weighted by molar-refractivity contribution is 0.105. The summed E-state index contributed by atoms with van der Waals surface area (Å²) in [5, 5.41) is 10.3.